The van der Waals surface area contributed by atoms with Crippen LogP contribution in [-0.4, -0.2) is 41.6 Å². The van der Waals surface area contributed by atoms with Crippen molar-refractivity contribution in [1.29, 1.82) is 0 Å². The number of rotatable bonds is 11. The van der Waals surface area contributed by atoms with Gasteiger partial charge in [-0.15, -0.1) is 0 Å². The number of esters is 1. The first-order valence-electron chi connectivity index (χ1n) is 10.2. The number of hydrogen-bond donors (Lipinski definition) is 2. The van der Waals surface area contributed by atoms with Gasteiger partial charge in [0.2, 0.25) is 0 Å². The minimum Gasteiger partial charge on any atom is -0.460 e. The number of quaternary nitrogens is 1. The zero-order chi connectivity index (χ0) is 21.2. The van der Waals surface area contributed by atoms with Crippen LogP contribution in [0, 0.1) is 0 Å². The average molecular weight is 417 g/mol. The Kier molecular flexibility index (Phi) is 8.37. The summed E-state index contributed by atoms with van der Waals surface area (Å²) in [4.78, 5) is 27.4. The standard InChI is InChI=1S/C21H28N4O5/c22-17-10-12-25(21(27)24-17)18-14-29-20(30-18)15-28-19(26)9-5-2-6-11-23-13-16-7-3-1-4-8-16/h1,3-4,7-8,10,12,18,20,23H,2,5-6,9,11,13-15H2,(H2,22,24,27)/p+1/t18-,20-/m0/s1. The third-order valence-electron chi connectivity index (χ3n) is 4.79. The van der Waals surface area contributed by atoms with Gasteiger partial charge in [0.15, 0.2) is 12.5 Å². The average Bonchev–Trinajstić information content (AvgIpc) is 3.21. The SMILES string of the molecule is Nc1ccn([C@@H]2CO[C@H](COC(=O)CCCCC[NH2+]Cc3ccccc3)O2)c(=O)n1. The lowest BCUT2D eigenvalue weighted by Crippen LogP contribution is -2.82. The Morgan fingerprint density at radius 1 is 1.23 bits per heavy atom. The third kappa shape index (κ3) is 6.94. The Balaban J connectivity index is 1.23. The number of carbonyl (C=O) groups excluding carboxylic acids is 1. The Bertz CT molecular complexity index is 858. The molecule has 9 nitrogen and oxygen atoms in total. The van der Waals surface area contributed by atoms with Crippen molar-refractivity contribution in [3.05, 3.63) is 58.6 Å². The molecule has 0 radical (unpaired) electrons. The molecular formula is C21H29N4O5+. The van der Waals surface area contributed by atoms with Gasteiger partial charge in [0.1, 0.15) is 19.0 Å². The van der Waals surface area contributed by atoms with E-state index in [0.717, 1.165) is 32.4 Å². The van der Waals surface area contributed by atoms with Crippen LogP contribution in [0.5, 0.6) is 0 Å². The summed E-state index contributed by atoms with van der Waals surface area (Å²) >= 11 is 0. The second kappa shape index (κ2) is 11.4. The van der Waals surface area contributed by atoms with E-state index in [9.17, 15) is 9.59 Å². The van der Waals surface area contributed by atoms with E-state index >= 15 is 0 Å². The highest BCUT2D eigenvalue weighted by atomic mass is 16.7. The molecule has 0 aliphatic carbocycles. The summed E-state index contributed by atoms with van der Waals surface area (Å²) in [5, 5.41) is 2.28. The van der Waals surface area contributed by atoms with E-state index in [4.69, 9.17) is 19.9 Å². The van der Waals surface area contributed by atoms with E-state index in [1.807, 2.05) is 18.2 Å². The smallest absolute Gasteiger partial charge is 0.351 e. The van der Waals surface area contributed by atoms with Crippen LogP contribution in [0.25, 0.3) is 0 Å². The molecule has 2 atom stereocenters. The molecule has 1 saturated heterocycles. The van der Waals surface area contributed by atoms with E-state index in [1.54, 1.807) is 0 Å². The Hall–Kier alpha value is -2.75. The van der Waals surface area contributed by atoms with Crippen molar-refractivity contribution in [3.63, 3.8) is 0 Å². The molecule has 0 bridgehead atoms. The van der Waals surface area contributed by atoms with Crippen molar-refractivity contribution in [2.75, 3.05) is 25.5 Å². The summed E-state index contributed by atoms with van der Waals surface area (Å²) in [7, 11) is 0. The van der Waals surface area contributed by atoms with Crippen LogP contribution in [0.4, 0.5) is 5.82 Å². The summed E-state index contributed by atoms with van der Waals surface area (Å²) < 4.78 is 17.6. The molecule has 1 aromatic heterocycles. The van der Waals surface area contributed by atoms with E-state index in [2.05, 4.69) is 22.4 Å². The topological polar surface area (TPSA) is 122 Å². The second-order valence-electron chi connectivity index (χ2n) is 7.16. The number of benzene rings is 1. The fourth-order valence-corrected chi connectivity index (χ4v) is 3.17. The van der Waals surface area contributed by atoms with Gasteiger partial charge < -0.3 is 25.3 Å². The molecule has 30 heavy (non-hydrogen) atoms. The maximum atomic E-state index is 11.9. The molecule has 2 aromatic rings. The zero-order valence-corrected chi connectivity index (χ0v) is 16.9. The number of ether oxygens (including phenoxy) is 3. The molecule has 3 rings (SSSR count). The van der Waals surface area contributed by atoms with Gasteiger partial charge in [-0.2, -0.15) is 4.98 Å². The highest BCUT2D eigenvalue weighted by Crippen LogP contribution is 2.20. The maximum absolute atomic E-state index is 11.9. The quantitative estimate of drug-likeness (QED) is 0.405. The van der Waals surface area contributed by atoms with E-state index in [0.29, 0.717) is 6.42 Å². The van der Waals surface area contributed by atoms with Gasteiger partial charge >= 0.3 is 11.7 Å². The van der Waals surface area contributed by atoms with Gasteiger partial charge in [-0.25, -0.2) is 4.79 Å². The van der Waals surface area contributed by atoms with Crippen LogP contribution >= 0.6 is 0 Å². The molecule has 0 saturated carbocycles. The highest BCUT2D eigenvalue weighted by Gasteiger charge is 2.29. The van der Waals surface area contributed by atoms with Crippen LogP contribution in [0.15, 0.2) is 47.4 Å². The largest absolute Gasteiger partial charge is 0.460 e. The molecule has 9 heteroatoms. The molecule has 1 aliphatic rings. The molecule has 162 valence electrons. The summed E-state index contributed by atoms with van der Waals surface area (Å²) in [5.74, 6) is -0.125. The lowest BCUT2D eigenvalue weighted by molar-refractivity contribution is -0.671. The zero-order valence-electron chi connectivity index (χ0n) is 16.9. The predicted molar refractivity (Wildman–Crippen MR) is 109 cm³/mol. The summed E-state index contributed by atoms with van der Waals surface area (Å²) in [5.41, 5.74) is 6.28. The monoisotopic (exact) mass is 417 g/mol. The van der Waals surface area contributed by atoms with Gasteiger partial charge in [-0.1, -0.05) is 30.3 Å². The molecule has 1 aliphatic heterocycles. The fourth-order valence-electron chi connectivity index (χ4n) is 3.17. The first kappa shape index (κ1) is 21.9. The number of nitrogens with two attached hydrogens (primary N) is 2. The van der Waals surface area contributed by atoms with Crippen molar-refractivity contribution in [3.8, 4) is 0 Å². The molecule has 0 spiro atoms. The molecule has 1 fully saturated rings. The third-order valence-corrected chi connectivity index (χ3v) is 4.79. The van der Waals surface area contributed by atoms with Crippen LogP contribution < -0.4 is 16.7 Å². The fraction of sp³-hybridized carbons (Fsp3) is 0.476. The second-order valence-corrected chi connectivity index (χ2v) is 7.16. The van der Waals surface area contributed by atoms with Gasteiger partial charge in [0.25, 0.3) is 0 Å². The minimum absolute atomic E-state index is 0.00264. The summed E-state index contributed by atoms with van der Waals surface area (Å²) in [6.45, 7) is 2.18. The number of aromatic nitrogens is 2. The summed E-state index contributed by atoms with van der Waals surface area (Å²) in [6, 6.07) is 11.9. The Morgan fingerprint density at radius 2 is 2.07 bits per heavy atom. The van der Waals surface area contributed by atoms with Gasteiger partial charge in [-0.3, -0.25) is 9.36 Å². The molecule has 0 amide bonds. The van der Waals surface area contributed by atoms with Crippen molar-refractivity contribution in [2.45, 2.75) is 44.7 Å². The van der Waals surface area contributed by atoms with Crippen LogP contribution in [-0.2, 0) is 25.5 Å². The van der Waals surface area contributed by atoms with Gasteiger partial charge in [0.05, 0.1) is 13.2 Å². The first-order valence-corrected chi connectivity index (χ1v) is 10.2. The molecule has 2 heterocycles. The van der Waals surface area contributed by atoms with E-state index in [-0.39, 0.29) is 25.0 Å². The highest BCUT2D eigenvalue weighted by molar-refractivity contribution is 5.69. The molecule has 1 aromatic carbocycles. The number of anilines is 1. The van der Waals surface area contributed by atoms with Crippen molar-refractivity contribution in [1.82, 2.24) is 9.55 Å². The number of carbonyl (C=O) groups is 1. The molecule has 4 N–H and O–H groups in total. The number of hydrogen-bond acceptors (Lipinski definition) is 7. The van der Waals surface area contributed by atoms with Crippen molar-refractivity contribution >= 4 is 11.8 Å². The maximum Gasteiger partial charge on any atom is 0.351 e. The van der Waals surface area contributed by atoms with Crippen LogP contribution in [0.3, 0.4) is 0 Å². The van der Waals surface area contributed by atoms with Gasteiger partial charge in [-0.05, 0) is 25.3 Å². The van der Waals surface area contributed by atoms with Crippen molar-refractivity contribution < 1.29 is 24.3 Å². The molecule has 0 unspecified atom stereocenters. The van der Waals surface area contributed by atoms with E-state index in [1.165, 1.54) is 22.4 Å². The van der Waals surface area contributed by atoms with Crippen molar-refractivity contribution in [2.24, 2.45) is 0 Å². The Morgan fingerprint density at radius 3 is 2.87 bits per heavy atom. The van der Waals surface area contributed by atoms with Crippen LogP contribution in [0.2, 0.25) is 0 Å². The lowest BCUT2D eigenvalue weighted by atomic mass is 10.2. The predicted octanol–water partition coefficient (Wildman–Crippen LogP) is 0.564. The first-order chi connectivity index (χ1) is 14.6. The number of unbranched alkanes of at least 4 members (excludes halogenated alkanes) is 2. The number of nitrogens with zero attached hydrogens (tertiary/aromatic N) is 2. The summed E-state index contributed by atoms with van der Waals surface area (Å²) in [6.07, 6.45) is 3.39. The van der Waals surface area contributed by atoms with Crippen LogP contribution in [0.1, 0.15) is 37.5 Å². The normalized spacial score (nSPS) is 18.4. The minimum atomic E-state index is -0.698. The molecular weight excluding hydrogens is 388 g/mol. The Labute approximate surface area is 175 Å². The number of nitrogen functional groups attached to an aromatic ring is 1. The van der Waals surface area contributed by atoms with Gasteiger partial charge in [0, 0.05) is 18.2 Å². The lowest BCUT2D eigenvalue weighted by Gasteiger charge is -2.13. The van der Waals surface area contributed by atoms with E-state index < -0.39 is 18.2 Å².